The highest BCUT2D eigenvalue weighted by Gasteiger charge is 2.10. The van der Waals surface area contributed by atoms with E-state index in [4.69, 9.17) is 11.6 Å². The molecule has 2 unspecified atom stereocenters. The number of aliphatic hydroxyl groups is 1. The average Bonchev–Trinajstić information content (AvgIpc) is 2.46. The molecule has 20 heavy (non-hydrogen) atoms. The Labute approximate surface area is 125 Å². The summed E-state index contributed by atoms with van der Waals surface area (Å²) in [6, 6.07) is 18.0. The Morgan fingerprint density at radius 3 is 2.55 bits per heavy atom. The van der Waals surface area contributed by atoms with Crippen molar-refractivity contribution in [3.05, 3.63) is 70.7 Å². The number of benzene rings is 2. The molecule has 0 fully saturated rings. The Morgan fingerprint density at radius 2 is 1.85 bits per heavy atom. The summed E-state index contributed by atoms with van der Waals surface area (Å²) in [7, 11) is 0. The molecule has 3 heteroatoms. The van der Waals surface area contributed by atoms with Crippen LogP contribution in [0, 0.1) is 0 Å². The third kappa shape index (κ3) is 4.64. The normalized spacial score (nSPS) is 13.9. The van der Waals surface area contributed by atoms with Gasteiger partial charge in [0, 0.05) is 17.6 Å². The lowest BCUT2D eigenvalue weighted by Crippen LogP contribution is -2.32. The molecule has 2 nitrogen and oxygen atoms in total. The monoisotopic (exact) mass is 289 g/mol. The molecule has 0 saturated carbocycles. The highest BCUT2D eigenvalue weighted by molar-refractivity contribution is 6.30. The maximum atomic E-state index is 10.1. The van der Waals surface area contributed by atoms with Crippen LogP contribution < -0.4 is 5.32 Å². The quantitative estimate of drug-likeness (QED) is 0.852. The molecule has 0 bridgehead atoms. The van der Waals surface area contributed by atoms with Gasteiger partial charge in [-0.1, -0.05) is 54.1 Å². The molecule has 0 radical (unpaired) electrons. The first-order valence-electron chi connectivity index (χ1n) is 6.86. The van der Waals surface area contributed by atoms with Crippen LogP contribution in [0.4, 0.5) is 0 Å². The molecule has 0 saturated heterocycles. The maximum absolute atomic E-state index is 10.1. The standard InChI is InChI=1S/C17H20ClNO/c1-13(10-14-6-3-2-4-7-14)19-12-17(20)15-8-5-9-16(18)11-15/h2-9,11,13,17,19-20H,10,12H2,1H3. The van der Waals surface area contributed by atoms with Gasteiger partial charge in [-0.3, -0.25) is 0 Å². The first-order valence-corrected chi connectivity index (χ1v) is 7.24. The molecule has 0 aliphatic carbocycles. The molecule has 0 heterocycles. The van der Waals surface area contributed by atoms with E-state index in [1.54, 1.807) is 6.07 Å². The molecule has 2 atom stereocenters. The Hall–Kier alpha value is -1.35. The minimum atomic E-state index is -0.535. The van der Waals surface area contributed by atoms with Crippen molar-refractivity contribution in [2.45, 2.75) is 25.5 Å². The Bertz CT molecular complexity index is 530. The van der Waals surface area contributed by atoms with E-state index in [0.29, 0.717) is 17.6 Å². The van der Waals surface area contributed by atoms with Crippen LogP contribution in [0.3, 0.4) is 0 Å². The zero-order valence-electron chi connectivity index (χ0n) is 11.6. The van der Waals surface area contributed by atoms with Crippen LogP contribution >= 0.6 is 11.6 Å². The van der Waals surface area contributed by atoms with Crippen molar-refractivity contribution in [3.8, 4) is 0 Å². The number of aliphatic hydroxyl groups excluding tert-OH is 1. The SMILES string of the molecule is CC(Cc1ccccc1)NCC(O)c1cccc(Cl)c1. The zero-order valence-corrected chi connectivity index (χ0v) is 12.3. The van der Waals surface area contributed by atoms with Crippen molar-refractivity contribution in [1.82, 2.24) is 5.32 Å². The topological polar surface area (TPSA) is 32.3 Å². The van der Waals surface area contributed by atoms with Gasteiger partial charge in [-0.25, -0.2) is 0 Å². The summed E-state index contributed by atoms with van der Waals surface area (Å²) in [4.78, 5) is 0. The summed E-state index contributed by atoms with van der Waals surface area (Å²) in [6.07, 6.45) is 0.412. The Balaban J connectivity index is 1.82. The summed E-state index contributed by atoms with van der Waals surface area (Å²) in [5.41, 5.74) is 2.14. The fraction of sp³-hybridized carbons (Fsp3) is 0.294. The summed E-state index contributed by atoms with van der Waals surface area (Å²) < 4.78 is 0. The summed E-state index contributed by atoms with van der Waals surface area (Å²) in [5.74, 6) is 0. The highest BCUT2D eigenvalue weighted by atomic mass is 35.5. The van der Waals surface area contributed by atoms with Crippen molar-refractivity contribution in [3.63, 3.8) is 0 Å². The third-order valence-electron chi connectivity index (χ3n) is 3.28. The van der Waals surface area contributed by atoms with E-state index in [9.17, 15) is 5.11 Å². The molecule has 2 aromatic rings. The largest absolute Gasteiger partial charge is 0.387 e. The predicted octanol–water partition coefficient (Wildman–Crippen LogP) is 3.59. The van der Waals surface area contributed by atoms with Gasteiger partial charge in [-0.2, -0.15) is 0 Å². The van der Waals surface area contributed by atoms with Crippen molar-refractivity contribution in [2.75, 3.05) is 6.54 Å². The molecule has 0 amide bonds. The molecule has 0 aromatic heterocycles. The molecular weight excluding hydrogens is 270 g/mol. The van der Waals surface area contributed by atoms with Gasteiger partial charge in [0.2, 0.25) is 0 Å². The van der Waals surface area contributed by atoms with Crippen molar-refractivity contribution in [1.29, 1.82) is 0 Å². The molecule has 2 aromatic carbocycles. The fourth-order valence-electron chi connectivity index (χ4n) is 2.18. The number of halogens is 1. The van der Waals surface area contributed by atoms with Crippen molar-refractivity contribution < 1.29 is 5.11 Å². The van der Waals surface area contributed by atoms with Crippen LogP contribution in [0.1, 0.15) is 24.2 Å². The van der Waals surface area contributed by atoms with Gasteiger partial charge >= 0.3 is 0 Å². The first kappa shape index (κ1) is 15.0. The molecule has 106 valence electrons. The predicted molar refractivity (Wildman–Crippen MR) is 84.0 cm³/mol. The summed E-state index contributed by atoms with van der Waals surface area (Å²) in [5, 5.41) is 14.1. The van der Waals surface area contributed by atoms with E-state index >= 15 is 0 Å². The van der Waals surface area contributed by atoms with E-state index in [1.807, 2.05) is 36.4 Å². The fourth-order valence-corrected chi connectivity index (χ4v) is 2.38. The summed E-state index contributed by atoms with van der Waals surface area (Å²) in [6.45, 7) is 2.64. The maximum Gasteiger partial charge on any atom is 0.0914 e. The van der Waals surface area contributed by atoms with Crippen LogP contribution in [-0.2, 0) is 6.42 Å². The van der Waals surface area contributed by atoms with Crippen LogP contribution in [-0.4, -0.2) is 17.7 Å². The first-order chi connectivity index (χ1) is 9.65. The number of rotatable bonds is 6. The van der Waals surface area contributed by atoms with Crippen LogP contribution in [0.15, 0.2) is 54.6 Å². The second-order valence-corrected chi connectivity index (χ2v) is 5.51. The number of nitrogens with one attached hydrogen (secondary N) is 1. The van der Waals surface area contributed by atoms with Gasteiger partial charge in [0.05, 0.1) is 6.10 Å². The van der Waals surface area contributed by atoms with E-state index in [1.165, 1.54) is 5.56 Å². The third-order valence-corrected chi connectivity index (χ3v) is 3.51. The molecular formula is C17H20ClNO. The van der Waals surface area contributed by atoms with Crippen LogP contribution in [0.5, 0.6) is 0 Å². The number of hydrogen-bond acceptors (Lipinski definition) is 2. The second kappa shape index (κ2) is 7.44. The van der Waals surface area contributed by atoms with Gasteiger partial charge < -0.3 is 10.4 Å². The Morgan fingerprint density at radius 1 is 1.10 bits per heavy atom. The summed E-state index contributed by atoms with van der Waals surface area (Å²) >= 11 is 5.93. The van der Waals surface area contributed by atoms with Gasteiger partial charge in [0.1, 0.15) is 0 Å². The average molecular weight is 290 g/mol. The molecule has 0 aliphatic heterocycles. The molecule has 2 rings (SSSR count). The van der Waals surface area contributed by atoms with Gasteiger partial charge in [0.25, 0.3) is 0 Å². The van der Waals surface area contributed by atoms with Crippen molar-refractivity contribution >= 4 is 11.6 Å². The minimum absolute atomic E-state index is 0.311. The van der Waals surface area contributed by atoms with Crippen molar-refractivity contribution in [2.24, 2.45) is 0 Å². The highest BCUT2D eigenvalue weighted by Crippen LogP contribution is 2.17. The second-order valence-electron chi connectivity index (χ2n) is 5.07. The van der Waals surface area contributed by atoms with E-state index < -0.39 is 6.10 Å². The number of hydrogen-bond donors (Lipinski definition) is 2. The smallest absolute Gasteiger partial charge is 0.0914 e. The lowest BCUT2D eigenvalue weighted by Gasteiger charge is -2.17. The minimum Gasteiger partial charge on any atom is -0.387 e. The lowest BCUT2D eigenvalue weighted by atomic mass is 10.1. The van der Waals surface area contributed by atoms with Gasteiger partial charge in [-0.15, -0.1) is 0 Å². The van der Waals surface area contributed by atoms with Crippen LogP contribution in [0.25, 0.3) is 0 Å². The molecule has 0 spiro atoms. The van der Waals surface area contributed by atoms with E-state index in [2.05, 4.69) is 24.4 Å². The molecule has 2 N–H and O–H groups in total. The van der Waals surface area contributed by atoms with E-state index in [0.717, 1.165) is 12.0 Å². The Kier molecular flexibility index (Phi) is 5.60. The van der Waals surface area contributed by atoms with Crippen LogP contribution in [0.2, 0.25) is 5.02 Å². The molecule has 0 aliphatic rings. The van der Waals surface area contributed by atoms with Gasteiger partial charge in [0.15, 0.2) is 0 Å². The zero-order chi connectivity index (χ0) is 14.4. The van der Waals surface area contributed by atoms with E-state index in [-0.39, 0.29) is 0 Å². The lowest BCUT2D eigenvalue weighted by molar-refractivity contribution is 0.170. The van der Waals surface area contributed by atoms with Gasteiger partial charge in [-0.05, 0) is 36.6 Å².